The number of carbonyl (C=O) groups is 1. The molecule has 1 aliphatic rings. The first-order chi connectivity index (χ1) is 16.0. The van der Waals surface area contributed by atoms with Gasteiger partial charge in [-0.3, -0.25) is 14.9 Å². The van der Waals surface area contributed by atoms with Crippen LogP contribution in [0.2, 0.25) is 0 Å². The van der Waals surface area contributed by atoms with Gasteiger partial charge in [0.1, 0.15) is 6.61 Å². The molecule has 0 unspecified atom stereocenters. The van der Waals surface area contributed by atoms with Crippen LogP contribution in [0.3, 0.4) is 0 Å². The normalized spacial score (nSPS) is 14.4. The van der Waals surface area contributed by atoms with Gasteiger partial charge in [-0.2, -0.15) is 10.1 Å². The Morgan fingerprint density at radius 1 is 1.03 bits per heavy atom. The standard InChI is InChI=1S/C25H21N3O5/c1-17-22(25(29)27(26-17)20-6-4-3-5-7-20)14-19-10-13-23(24(15-19)32-2)33-16-18-8-11-21(12-9-18)28(30)31/h3-15H,16H2,1-2H3/b22-14+. The summed E-state index contributed by atoms with van der Waals surface area (Å²) in [5.41, 5.74) is 3.42. The molecule has 0 aliphatic carbocycles. The summed E-state index contributed by atoms with van der Waals surface area (Å²) in [5.74, 6) is 0.828. The van der Waals surface area contributed by atoms with Gasteiger partial charge in [0.25, 0.3) is 11.6 Å². The lowest BCUT2D eigenvalue weighted by atomic mass is 10.1. The molecule has 0 aromatic heterocycles. The topological polar surface area (TPSA) is 94.3 Å². The van der Waals surface area contributed by atoms with Crippen LogP contribution in [-0.2, 0) is 11.4 Å². The number of hydrazone groups is 1. The summed E-state index contributed by atoms with van der Waals surface area (Å²) in [6.07, 6.45) is 1.77. The maximum atomic E-state index is 12.9. The zero-order valence-corrected chi connectivity index (χ0v) is 18.1. The molecule has 3 aromatic carbocycles. The largest absolute Gasteiger partial charge is 0.493 e. The van der Waals surface area contributed by atoms with Crippen molar-refractivity contribution < 1.29 is 19.2 Å². The van der Waals surface area contributed by atoms with Crippen LogP contribution in [0.15, 0.2) is 83.5 Å². The molecule has 0 atom stereocenters. The number of rotatable bonds is 7. The Hall–Kier alpha value is -4.46. The van der Waals surface area contributed by atoms with Gasteiger partial charge in [-0.1, -0.05) is 24.3 Å². The number of non-ortho nitro benzene ring substituents is 1. The fraction of sp³-hybridized carbons (Fsp3) is 0.120. The van der Waals surface area contributed by atoms with Crippen molar-refractivity contribution in [1.82, 2.24) is 0 Å². The van der Waals surface area contributed by atoms with Gasteiger partial charge >= 0.3 is 0 Å². The molecule has 0 radical (unpaired) electrons. The van der Waals surface area contributed by atoms with Crippen LogP contribution in [0.25, 0.3) is 6.08 Å². The molecular formula is C25H21N3O5. The van der Waals surface area contributed by atoms with Gasteiger partial charge in [0.2, 0.25) is 0 Å². The van der Waals surface area contributed by atoms with Crippen LogP contribution >= 0.6 is 0 Å². The number of ether oxygens (including phenoxy) is 2. The lowest BCUT2D eigenvalue weighted by molar-refractivity contribution is -0.384. The first-order valence-corrected chi connectivity index (χ1v) is 10.2. The summed E-state index contributed by atoms with van der Waals surface area (Å²) in [6.45, 7) is 2.02. The lowest BCUT2D eigenvalue weighted by Gasteiger charge is -2.12. The van der Waals surface area contributed by atoms with Crippen molar-refractivity contribution in [2.24, 2.45) is 5.10 Å². The van der Waals surface area contributed by atoms with Crippen molar-refractivity contribution in [3.8, 4) is 11.5 Å². The maximum absolute atomic E-state index is 12.9. The Bertz CT molecular complexity index is 1250. The summed E-state index contributed by atoms with van der Waals surface area (Å²) in [7, 11) is 1.54. The van der Waals surface area contributed by atoms with Gasteiger partial charge in [0.15, 0.2) is 11.5 Å². The third-order valence-corrected chi connectivity index (χ3v) is 5.10. The predicted octanol–water partition coefficient (Wildman–Crippen LogP) is 4.99. The molecule has 0 saturated heterocycles. The summed E-state index contributed by atoms with van der Waals surface area (Å²) in [4.78, 5) is 23.3. The number of methoxy groups -OCH3 is 1. The Morgan fingerprint density at radius 2 is 1.76 bits per heavy atom. The Kier molecular flexibility index (Phi) is 6.17. The highest BCUT2D eigenvalue weighted by Crippen LogP contribution is 2.31. The summed E-state index contributed by atoms with van der Waals surface area (Å²) in [5, 5.41) is 16.6. The number of carbonyl (C=O) groups excluding carboxylic acids is 1. The zero-order chi connectivity index (χ0) is 23.4. The predicted molar refractivity (Wildman–Crippen MR) is 125 cm³/mol. The highest BCUT2D eigenvalue weighted by atomic mass is 16.6. The molecule has 0 bridgehead atoms. The third-order valence-electron chi connectivity index (χ3n) is 5.10. The minimum atomic E-state index is -0.443. The van der Waals surface area contributed by atoms with E-state index in [2.05, 4.69) is 5.10 Å². The summed E-state index contributed by atoms with van der Waals surface area (Å²) < 4.78 is 11.3. The number of nitrogens with zero attached hydrogens (tertiary/aromatic N) is 3. The molecule has 1 aliphatic heterocycles. The van der Waals surface area contributed by atoms with E-state index < -0.39 is 4.92 Å². The van der Waals surface area contributed by atoms with Gasteiger partial charge in [-0.25, -0.2) is 0 Å². The smallest absolute Gasteiger partial charge is 0.280 e. The van der Waals surface area contributed by atoms with Crippen molar-refractivity contribution in [3.05, 3.63) is 99.6 Å². The molecule has 0 fully saturated rings. The third kappa shape index (κ3) is 4.74. The van der Waals surface area contributed by atoms with Gasteiger partial charge in [-0.05, 0) is 60.5 Å². The van der Waals surface area contributed by atoms with Crippen LogP contribution < -0.4 is 14.5 Å². The van der Waals surface area contributed by atoms with E-state index >= 15 is 0 Å². The Labute approximate surface area is 190 Å². The number of hydrogen-bond donors (Lipinski definition) is 0. The SMILES string of the molecule is COc1cc(/C=C2/C(=O)N(c3ccccc3)N=C2C)ccc1OCc1ccc([N+](=O)[O-])cc1. The van der Waals surface area contributed by atoms with Crippen LogP contribution in [0.4, 0.5) is 11.4 Å². The molecule has 3 aromatic rings. The molecule has 33 heavy (non-hydrogen) atoms. The van der Waals surface area contributed by atoms with E-state index in [1.807, 2.05) is 36.4 Å². The molecule has 1 amide bonds. The van der Waals surface area contributed by atoms with Gasteiger partial charge in [0, 0.05) is 12.1 Å². The molecule has 0 spiro atoms. The highest BCUT2D eigenvalue weighted by Gasteiger charge is 2.28. The molecule has 166 valence electrons. The number of hydrogen-bond acceptors (Lipinski definition) is 6. The molecule has 0 N–H and O–H groups in total. The van der Waals surface area contributed by atoms with E-state index in [1.54, 1.807) is 37.3 Å². The number of amides is 1. The van der Waals surface area contributed by atoms with E-state index in [-0.39, 0.29) is 18.2 Å². The molecular weight excluding hydrogens is 422 g/mol. The summed E-state index contributed by atoms with van der Waals surface area (Å²) >= 11 is 0. The molecule has 8 nitrogen and oxygen atoms in total. The van der Waals surface area contributed by atoms with Crippen molar-refractivity contribution >= 4 is 29.1 Å². The zero-order valence-electron chi connectivity index (χ0n) is 18.1. The molecule has 0 saturated carbocycles. The monoisotopic (exact) mass is 443 g/mol. The average Bonchev–Trinajstić information content (AvgIpc) is 3.12. The van der Waals surface area contributed by atoms with Gasteiger partial charge in [0.05, 0.1) is 29.0 Å². The van der Waals surface area contributed by atoms with Crippen molar-refractivity contribution in [2.75, 3.05) is 12.1 Å². The van der Waals surface area contributed by atoms with Crippen molar-refractivity contribution in [2.45, 2.75) is 13.5 Å². The minimum absolute atomic E-state index is 0.0276. The van der Waals surface area contributed by atoms with Crippen LogP contribution in [0.1, 0.15) is 18.1 Å². The number of anilines is 1. The molecule has 4 rings (SSSR count). The number of nitro groups is 1. The fourth-order valence-electron chi connectivity index (χ4n) is 3.36. The number of nitro benzene ring substituents is 1. The van der Waals surface area contributed by atoms with E-state index in [4.69, 9.17) is 9.47 Å². The van der Waals surface area contributed by atoms with Crippen LogP contribution in [-0.4, -0.2) is 23.7 Å². The second-order valence-corrected chi connectivity index (χ2v) is 7.32. The van der Waals surface area contributed by atoms with E-state index in [0.29, 0.717) is 28.5 Å². The minimum Gasteiger partial charge on any atom is -0.493 e. The average molecular weight is 443 g/mol. The lowest BCUT2D eigenvalue weighted by Crippen LogP contribution is -2.21. The first-order valence-electron chi connectivity index (χ1n) is 10.2. The maximum Gasteiger partial charge on any atom is 0.280 e. The van der Waals surface area contributed by atoms with Gasteiger partial charge < -0.3 is 9.47 Å². The van der Waals surface area contributed by atoms with Gasteiger partial charge in [-0.15, -0.1) is 0 Å². The van der Waals surface area contributed by atoms with Crippen molar-refractivity contribution in [1.29, 1.82) is 0 Å². The highest BCUT2D eigenvalue weighted by molar-refractivity contribution is 6.32. The second-order valence-electron chi connectivity index (χ2n) is 7.32. The quantitative estimate of drug-likeness (QED) is 0.291. The Balaban J connectivity index is 1.51. The fourth-order valence-corrected chi connectivity index (χ4v) is 3.36. The summed E-state index contributed by atoms with van der Waals surface area (Å²) in [6, 6.07) is 20.8. The Morgan fingerprint density at radius 3 is 2.42 bits per heavy atom. The van der Waals surface area contributed by atoms with E-state index in [1.165, 1.54) is 24.3 Å². The van der Waals surface area contributed by atoms with Crippen molar-refractivity contribution in [3.63, 3.8) is 0 Å². The van der Waals surface area contributed by atoms with E-state index in [9.17, 15) is 14.9 Å². The van der Waals surface area contributed by atoms with Crippen LogP contribution in [0, 0.1) is 10.1 Å². The molecule has 1 heterocycles. The first kappa shape index (κ1) is 21.8. The number of para-hydroxylation sites is 1. The van der Waals surface area contributed by atoms with Crippen LogP contribution in [0.5, 0.6) is 11.5 Å². The number of benzene rings is 3. The molecule has 8 heteroatoms. The second kappa shape index (κ2) is 9.35. The van der Waals surface area contributed by atoms with E-state index in [0.717, 1.165) is 11.1 Å².